The van der Waals surface area contributed by atoms with Gasteiger partial charge in [-0.3, -0.25) is 0 Å². The predicted molar refractivity (Wildman–Crippen MR) is 90.9 cm³/mol. The van der Waals surface area contributed by atoms with Gasteiger partial charge in [-0.15, -0.1) is 0 Å². The molecule has 1 aliphatic rings. The number of hydrogen-bond donors (Lipinski definition) is 2. The standard InChI is InChI=1S/C17H20N4O4/c1-4-24-15-7-11(5-6-14(15)25-10(2)3)13-8-12(16(22)23)20-17-18-9-19-21(13)17/h5-10,13H,4H2,1-3H3,(H,22,23)(H,18,19,20)/t13-/m0/s1. The Labute approximate surface area is 145 Å². The Balaban J connectivity index is 2.03. The molecule has 1 aliphatic heterocycles. The molecule has 0 amide bonds. The number of rotatable bonds is 6. The van der Waals surface area contributed by atoms with Crippen molar-refractivity contribution < 1.29 is 19.4 Å². The Kier molecular flexibility index (Phi) is 4.60. The van der Waals surface area contributed by atoms with Crippen molar-refractivity contribution in [3.05, 3.63) is 41.9 Å². The van der Waals surface area contributed by atoms with Crippen LogP contribution in [-0.4, -0.2) is 38.6 Å². The third-order valence-electron chi connectivity index (χ3n) is 3.61. The molecule has 0 radical (unpaired) electrons. The second-order valence-electron chi connectivity index (χ2n) is 5.79. The topological polar surface area (TPSA) is 98.5 Å². The minimum absolute atomic E-state index is 0.0179. The van der Waals surface area contributed by atoms with Gasteiger partial charge in [-0.05, 0) is 44.5 Å². The maximum atomic E-state index is 11.4. The highest BCUT2D eigenvalue weighted by atomic mass is 16.5. The van der Waals surface area contributed by atoms with E-state index in [9.17, 15) is 9.90 Å². The number of nitrogens with zero attached hydrogens (tertiary/aromatic N) is 3. The maximum absolute atomic E-state index is 11.4. The smallest absolute Gasteiger partial charge is 0.352 e. The van der Waals surface area contributed by atoms with Crippen LogP contribution in [0.4, 0.5) is 5.95 Å². The number of aromatic nitrogens is 3. The molecular formula is C17H20N4O4. The highest BCUT2D eigenvalue weighted by molar-refractivity contribution is 5.90. The molecule has 3 rings (SSSR count). The number of ether oxygens (including phenoxy) is 2. The van der Waals surface area contributed by atoms with Crippen molar-refractivity contribution in [1.29, 1.82) is 0 Å². The summed E-state index contributed by atoms with van der Waals surface area (Å²) in [6, 6.07) is 5.14. The summed E-state index contributed by atoms with van der Waals surface area (Å²) in [5, 5.41) is 16.3. The molecule has 8 nitrogen and oxygen atoms in total. The first-order valence-electron chi connectivity index (χ1n) is 8.04. The molecule has 0 saturated heterocycles. The molecule has 0 aliphatic carbocycles. The second kappa shape index (κ2) is 6.84. The third-order valence-corrected chi connectivity index (χ3v) is 3.61. The molecular weight excluding hydrogens is 324 g/mol. The number of carbonyl (C=O) groups is 1. The quantitative estimate of drug-likeness (QED) is 0.830. The highest BCUT2D eigenvalue weighted by Gasteiger charge is 2.26. The van der Waals surface area contributed by atoms with E-state index in [1.54, 1.807) is 10.8 Å². The van der Waals surface area contributed by atoms with Gasteiger partial charge in [0.1, 0.15) is 18.1 Å². The number of anilines is 1. The summed E-state index contributed by atoms with van der Waals surface area (Å²) in [4.78, 5) is 15.4. The molecule has 0 saturated carbocycles. The lowest BCUT2D eigenvalue weighted by molar-refractivity contribution is -0.132. The van der Waals surface area contributed by atoms with Gasteiger partial charge >= 0.3 is 5.97 Å². The van der Waals surface area contributed by atoms with Crippen molar-refractivity contribution in [2.75, 3.05) is 11.9 Å². The van der Waals surface area contributed by atoms with Crippen LogP contribution in [0.15, 0.2) is 36.3 Å². The zero-order valence-electron chi connectivity index (χ0n) is 14.3. The van der Waals surface area contributed by atoms with Gasteiger partial charge in [-0.1, -0.05) is 6.07 Å². The highest BCUT2D eigenvalue weighted by Crippen LogP contribution is 2.35. The van der Waals surface area contributed by atoms with E-state index in [0.717, 1.165) is 5.56 Å². The Morgan fingerprint density at radius 2 is 2.20 bits per heavy atom. The number of allylic oxidation sites excluding steroid dienone is 1. The van der Waals surface area contributed by atoms with Crippen LogP contribution < -0.4 is 14.8 Å². The molecule has 25 heavy (non-hydrogen) atoms. The summed E-state index contributed by atoms with van der Waals surface area (Å²) in [5.74, 6) is 0.587. The number of nitrogens with one attached hydrogen (secondary N) is 1. The molecule has 2 N–H and O–H groups in total. The van der Waals surface area contributed by atoms with E-state index >= 15 is 0 Å². The summed E-state index contributed by atoms with van der Waals surface area (Å²) in [6.07, 6.45) is 3.00. The van der Waals surface area contributed by atoms with Crippen molar-refractivity contribution in [3.8, 4) is 11.5 Å². The molecule has 2 aromatic rings. The number of carboxylic acid groups (broad SMARTS) is 1. The first kappa shape index (κ1) is 16.8. The van der Waals surface area contributed by atoms with Gasteiger partial charge < -0.3 is 19.9 Å². The summed E-state index contributed by atoms with van der Waals surface area (Å²) in [6.45, 7) is 6.28. The molecule has 0 fully saturated rings. The molecule has 0 bridgehead atoms. The van der Waals surface area contributed by atoms with E-state index in [0.29, 0.717) is 24.1 Å². The lowest BCUT2D eigenvalue weighted by atomic mass is 10.0. The predicted octanol–water partition coefficient (Wildman–Crippen LogP) is 2.45. The Morgan fingerprint density at radius 3 is 2.88 bits per heavy atom. The number of carboxylic acids is 1. The number of fused-ring (bicyclic) bond motifs is 1. The minimum Gasteiger partial charge on any atom is -0.490 e. The van der Waals surface area contributed by atoms with Crippen LogP contribution in [0.2, 0.25) is 0 Å². The van der Waals surface area contributed by atoms with Gasteiger partial charge in [-0.2, -0.15) is 10.1 Å². The zero-order valence-corrected chi connectivity index (χ0v) is 14.3. The normalized spacial score (nSPS) is 16.0. The molecule has 1 atom stereocenters. The Bertz CT molecular complexity index is 813. The van der Waals surface area contributed by atoms with Gasteiger partial charge in [0.25, 0.3) is 0 Å². The molecule has 132 valence electrons. The second-order valence-corrected chi connectivity index (χ2v) is 5.79. The lowest BCUT2D eigenvalue weighted by Gasteiger charge is -2.23. The molecule has 8 heteroatoms. The molecule has 0 unspecified atom stereocenters. The fraction of sp³-hybridized carbons (Fsp3) is 0.353. The van der Waals surface area contributed by atoms with Crippen molar-refractivity contribution in [1.82, 2.24) is 14.8 Å². The van der Waals surface area contributed by atoms with E-state index in [1.165, 1.54) is 6.33 Å². The Hall–Kier alpha value is -3.03. The van der Waals surface area contributed by atoms with Crippen molar-refractivity contribution in [3.63, 3.8) is 0 Å². The van der Waals surface area contributed by atoms with Gasteiger partial charge in [-0.25, -0.2) is 9.48 Å². The average Bonchev–Trinajstić information content (AvgIpc) is 3.04. The summed E-state index contributed by atoms with van der Waals surface area (Å²) < 4.78 is 13.1. The fourth-order valence-electron chi connectivity index (χ4n) is 2.62. The van der Waals surface area contributed by atoms with E-state index < -0.39 is 12.0 Å². The van der Waals surface area contributed by atoms with Crippen molar-refractivity contribution >= 4 is 11.9 Å². The molecule has 0 spiro atoms. The number of aliphatic carboxylic acids is 1. The zero-order chi connectivity index (χ0) is 18.0. The average molecular weight is 344 g/mol. The summed E-state index contributed by atoms with van der Waals surface area (Å²) >= 11 is 0. The van der Waals surface area contributed by atoms with E-state index in [-0.39, 0.29) is 11.8 Å². The Morgan fingerprint density at radius 1 is 1.40 bits per heavy atom. The van der Waals surface area contributed by atoms with Gasteiger partial charge in [0, 0.05) is 0 Å². The van der Waals surface area contributed by atoms with Crippen LogP contribution >= 0.6 is 0 Å². The largest absolute Gasteiger partial charge is 0.490 e. The minimum atomic E-state index is -1.05. The van der Waals surface area contributed by atoms with Crippen LogP contribution in [0.25, 0.3) is 0 Å². The first-order chi connectivity index (χ1) is 12.0. The fourth-order valence-corrected chi connectivity index (χ4v) is 2.62. The van der Waals surface area contributed by atoms with Crippen LogP contribution in [0.1, 0.15) is 32.4 Å². The van der Waals surface area contributed by atoms with Gasteiger partial charge in [0.15, 0.2) is 11.5 Å². The number of hydrogen-bond acceptors (Lipinski definition) is 6. The van der Waals surface area contributed by atoms with E-state index in [1.807, 2.05) is 39.0 Å². The molecule has 2 heterocycles. The first-order valence-corrected chi connectivity index (χ1v) is 8.04. The lowest BCUT2D eigenvalue weighted by Crippen LogP contribution is -2.24. The SMILES string of the molecule is CCOc1cc([C@@H]2C=C(C(=O)O)Nc3ncnn32)ccc1OC(C)C. The number of benzene rings is 1. The summed E-state index contributed by atoms with van der Waals surface area (Å²) in [5.41, 5.74) is 0.887. The van der Waals surface area contributed by atoms with E-state index in [4.69, 9.17) is 9.47 Å². The van der Waals surface area contributed by atoms with Crippen LogP contribution in [-0.2, 0) is 4.79 Å². The third kappa shape index (κ3) is 3.42. The molecule has 1 aromatic carbocycles. The molecule has 1 aromatic heterocycles. The maximum Gasteiger partial charge on any atom is 0.352 e. The van der Waals surface area contributed by atoms with Crippen molar-refractivity contribution in [2.45, 2.75) is 32.9 Å². The van der Waals surface area contributed by atoms with E-state index in [2.05, 4.69) is 15.4 Å². The van der Waals surface area contributed by atoms with Gasteiger partial charge in [0.05, 0.1) is 12.7 Å². The van der Waals surface area contributed by atoms with Crippen LogP contribution in [0, 0.1) is 0 Å². The monoisotopic (exact) mass is 344 g/mol. The van der Waals surface area contributed by atoms with Crippen LogP contribution in [0.5, 0.6) is 11.5 Å². The van der Waals surface area contributed by atoms with Crippen molar-refractivity contribution in [2.24, 2.45) is 0 Å². The summed E-state index contributed by atoms with van der Waals surface area (Å²) in [7, 11) is 0. The van der Waals surface area contributed by atoms with Crippen LogP contribution in [0.3, 0.4) is 0 Å². The van der Waals surface area contributed by atoms with Gasteiger partial charge in [0.2, 0.25) is 5.95 Å².